The molecule has 0 spiro atoms. The fourth-order valence-electron chi connectivity index (χ4n) is 3.28. The van der Waals surface area contributed by atoms with E-state index in [0.29, 0.717) is 34.8 Å². The van der Waals surface area contributed by atoms with Gasteiger partial charge in [-0.15, -0.1) is 0 Å². The van der Waals surface area contributed by atoms with Gasteiger partial charge in [-0.25, -0.2) is 0 Å². The van der Waals surface area contributed by atoms with E-state index in [1.807, 2.05) is 19.0 Å². The molecule has 7 nitrogen and oxygen atoms in total. The second kappa shape index (κ2) is 8.63. The molecular weight excluding hydrogens is 392 g/mol. The molecule has 0 fully saturated rings. The van der Waals surface area contributed by atoms with Crippen LogP contribution in [-0.2, 0) is 11.3 Å². The maximum absolute atomic E-state index is 13.3. The number of hydrogen-bond donors (Lipinski definition) is 2. The van der Waals surface area contributed by atoms with Crippen molar-refractivity contribution in [2.45, 2.75) is 19.0 Å². The highest BCUT2D eigenvalue weighted by atomic mass is 35.5. The molecule has 3 rings (SSSR count). The molecule has 0 aromatic heterocycles. The van der Waals surface area contributed by atoms with Crippen molar-refractivity contribution < 1.29 is 14.4 Å². The topological polar surface area (TPSA) is 95.7 Å². The third-order valence-corrected chi connectivity index (χ3v) is 5.09. The van der Waals surface area contributed by atoms with Crippen LogP contribution >= 0.6 is 11.6 Å². The van der Waals surface area contributed by atoms with E-state index in [9.17, 15) is 14.4 Å². The van der Waals surface area contributed by atoms with Crippen molar-refractivity contribution in [3.63, 3.8) is 0 Å². The van der Waals surface area contributed by atoms with Gasteiger partial charge in [-0.05, 0) is 63.0 Å². The second-order valence-corrected chi connectivity index (χ2v) is 7.72. The average molecular weight is 415 g/mol. The molecule has 2 aromatic rings. The van der Waals surface area contributed by atoms with E-state index in [2.05, 4.69) is 5.32 Å². The van der Waals surface area contributed by atoms with Gasteiger partial charge in [0.1, 0.15) is 6.04 Å². The maximum Gasteiger partial charge on any atom is 0.256 e. The van der Waals surface area contributed by atoms with E-state index in [1.165, 1.54) is 0 Å². The molecule has 0 bridgehead atoms. The summed E-state index contributed by atoms with van der Waals surface area (Å²) in [5.74, 6) is -1.02. The molecule has 0 radical (unpaired) electrons. The third-order valence-electron chi connectivity index (χ3n) is 4.85. The summed E-state index contributed by atoms with van der Waals surface area (Å²) in [6, 6.07) is 10.9. The fraction of sp³-hybridized carbons (Fsp3) is 0.286. The molecule has 1 aliphatic heterocycles. The van der Waals surface area contributed by atoms with Gasteiger partial charge >= 0.3 is 0 Å². The second-order valence-electron chi connectivity index (χ2n) is 7.28. The number of nitrogens with two attached hydrogens (primary N) is 1. The van der Waals surface area contributed by atoms with Gasteiger partial charge in [0.05, 0.1) is 11.3 Å². The van der Waals surface area contributed by atoms with Crippen molar-refractivity contribution in [1.29, 1.82) is 0 Å². The number of anilines is 1. The minimum absolute atomic E-state index is 0.228. The third kappa shape index (κ3) is 4.75. The quantitative estimate of drug-likeness (QED) is 0.758. The number of benzene rings is 2. The fourth-order valence-corrected chi connectivity index (χ4v) is 3.45. The molecule has 1 aliphatic rings. The first-order valence-electron chi connectivity index (χ1n) is 9.21. The van der Waals surface area contributed by atoms with Gasteiger partial charge in [-0.2, -0.15) is 0 Å². The Morgan fingerprint density at radius 2 is 1.86 bits per heavy atom. The first-order chi connectivity index (χ1) is 13.8. The van der Waals surface area contributed by atoms with Gasteiger partial charge in [0, 0.05) is 17.1 Å². The molecule has 0 saturated carbocycles. The SMILES string of the molecule is CN(C)CC[C@@H]1C(=O)Nc2cc(Cl)ccc2C(=O)N1Cc1ccc(C(N)=O)cc1. The van der Waals surface area contributed by atoms with Crippen molar-refractivity contribution >= 4 is 35.0 Å². The van der Waals surface area contributed by atoms with E-state index in [4.69, 9.17) is 17.3 Å². The lowest BCUT2D eigenvalue weighted by molar-refractivity contribution is -0.120. The smallest absolute Gasteiger partial charge is 0.256 e. The summed E-state index contributed by atoms with van der Waals surface area (Å²) in [6.45, 7) is 0.866. The lowest BCUT2D eigenvalue weighted by Crippen LogP contribution is -2.46. The molecule has 0 saturated heterocycles. The molecule has 3 amide bonds. The van der Waals surface area contributed by atoms with Gasteiger partial charge in [0.25, 0.3) is 5.91 Å². The Labute approximate surface area is 174 Å². The number of carbonyl (C=O) groups is 3. The Kier molecular flexibility index (Phi) is 6.20. The van der Waals surface area contributed by atoms with E-state index in [-0.39, 0.29) is 18.4 Å². The van der Waals surface area contributed by atoms with Gasteiger partial charge < -0.3 is 20.9 Å². The van der Waals surface area contributed by atoms with Crippen LogP contribution in [0.15, 0.2) is 42.5 Å². The summed E-state index contributed by atoms with van der Waals surface area (Å²) in [6.07, 6.45) is 0.478. The Hall–Kier alpha value is -2.90. The van der Waals surface area contributed by atoms with E-state index in [0.717, 1.165) is 5.56 Å². The number of hydrogen-bond acceptors (Lipinski definition) is 4. The zero-order valence-corrected chi connectivity index (χ0v) is 17.1. The van der Waals surface area contributed by atoms with Crippen molar-refractivity contribution in [3.05, 3.63) is 64.2 Å². The normalized spacial score (nSPS) is 16.4. The summed E-state index contributed by atoms with van der Waals surface area (Å²) in [5, 5.41) is 3.28. The van der Waals surface area contributed by atoms with Crippen molar-refractivity contribution in [1.82, 2.24) is 9.80 Å². The summed E-state index contributed by atoms with van der Waals surface area (Å²) >= 11 is 6.05. The zero-order chi connectivity index (χ0) is 21.1. The summed E-state index contributed by atoms with van der Waals surface area (Å²) in [4.78, 5) is 41.1. The number of amides is 3. The highest BCUT2D eigenvalue weighted by Gasteiger charge is 2.35. The first kappa shape index (κ1) is 20.8. The largest absolute Gasteiger partial charge is 0.366 e. The number of nitrogens with one attached hydrogen (secondary N) is 1. The number of primary amides is 1. The van der Waals surface area contributed by atoms with Crippen LogP contribution in [0.25, 0.3) is 0 Å². The summed E-state index contributed by atoms with van der Waals surface area (Å²) < 4.78 is 0. The minimum Gasteiger partial charge on any atom is -0.366 e. The average Bonchev–Trinajstić information content (AvgIpc) is 2.75. The first-order valence-corrected chi connectivity index (χ1v) is 9.59. The lowest BCUT2D eigenvalue weighted by atomic mass is 10.1. The number of rotatable bonds is 6. The minimum atomic E-state index is -0.646. The summed E-state index contributed by atoms with van der Waals surface area (Å²) in [5.41, 5.74) is 7.28. The molecule has 0 aliphatic carbocycles. The predicted molar refractivity (Wildman–Crippen MR) is 112 cm³/mol. The molecule has 2 aromatic carbocycles. The highest BCUT2D eigenvalue weighted by molar-refractivity contribution is 6.31. The Bertz CT molecular complexity index is 943. The monoisotopic (exact) mass is 414 g/mol. The van der Waals surface area contributed by atoms with Crippen LogP contribution in [0.5, 0.6) is 0 Å². The number of fused-ring (bicyclic) bond motifs is 1. The van der Waals surface area contributed by atoms with Crippen LogP contribution < -0.4 is 11.1 Å². The van der Waals surface area contributed by atoms with Crippen molar-refractivity contribution in [2.75, 3.05) is 26.0 Å². The van der Waals surface area contributed by atoms with Gasteiger partial charge in [0.15, 0.2) is 0 Å². The summed E-state index contributed by atoms with van der Waals surface area (Å²) in [7, 11) is 3.83. The van der Waals surface area contributed by atoms with Crippen LogP contribution in [0.2, 0.25) is 5.02 Å². The molecule has 1 heterocycles. The van der Waals surface area contributed by atoms with Crippen LogP contribution in [0.3, 0.4) is 0 Å². The highest BCUT2D eigenvalue weighted by Crippen LogP contribution is 2.28. The maximum atomic E-state index is 13.3. The van der Waals surface area contributed by atoms with Crippen molar-refractivity contribution in [2.24, 2.45) is 5.73 Å². The van der Waals surface area contributed by atoms with Crippen LogP contribution in [0, 0.1) is 0 Å². The van der Waals surface area contributed by atoms with Crippen molar-refractivity contribution in [3.8, 4) is 0 Å². The molecular formula is C21H23ClN4O3. The Morgan fingerprint density at radius 3 is 2.48 bits per heavy atom. The number of halogens is 1. The molecule has 3 N–H and O–H groups in total. The van der Waals surface area contributed by atoms with Crippen LogP contribution in [0.4, 0.5) is 5.69 Å². The standard InChI is InChI=1S/C21H23ClN4O3/c1-25(2)10-9-18-20(28)24-17-11-15(22)7-8-16(17)21(29)26(18)12-13-3-5-14(6-4-13)19(23)27/h3-8,11,18H,9-10,12H2,1-2H3,(H2,23,27)(H,24,28)/t18-/m1/s1. The Balaban J connectivity index is 1.97. The molecule has 0 unspecified atom stereocenters. The zero-order valence-electron chi connectivity index (χ0n) is 16.3. The van der Waals surface area contributed by atoms with Crippen LogP contribution in [-0.4, -0.2) is 54.2 Å². The molecule has 1 atom stereocenters. The van der Waals surface area contributed by atoms with Gasteiger partial charge in [-0.3, -0.25) is 14.4 Å². The van der Waals surface area contributed by atoms with E-state index in [1.54, 1.807) is 47.4 Å². The Morgan fingerprint density at radius 1 is 1.17 bits per heavy atom. The molecule has 152 valence electrons. The van der Waals surface area contributed by atoms with Crippen LogP contribution in [0.1, 0.15) is 32.7 Å². The number of carbonyl (C=O) groups excluding carboxylic acids is 3. The molecule has 29 heavy (non-hydrogen) atoms. The molecule has 8 heteroatoms. The van der Waals surface area contributed by atoms with Gasteiger partial charge in [-0.1, -0.05) is 23.7 Å². The predicted octanol–water partition coefficient (Wildman–Crippen LogP) is 2.35. The number of nitrogens with zero attached hydrogens (tertiary/aromatic N) is 2. The van der Waals surface area contributed by atoms with E-state index >= 15 is 0 Å². The lowest BCUT2D eigenvalue weighted by Gasteiger charge is -2.29. The van der Waals surface area contributed by atoms with E-state index < -0.39 is 11.9 Å². The van der Waals surface area contributed by atoms with Gasteiger partial charge in [0.2, 0.25) is 11.8 Å².